The summed E-state index contributed by atoms with van der Waals surface area (Å²) >= 11 is 7.86. The summed E-state index contributed by atoms with van der Waals surface area (Å²) < 4.78 is 0. The summed E-state index contributed by atoms with van der Waals surface area (Å²) in [5.41, 5.74) is 1.75. The number of likely N-dealkylation sites (tertiary alicyclic amines) is 1. The molecule has 2 N–H and O–H groups in total. The molecule has 0 saturated carbocycles. The summed E-state index contributed by atoms with van der Waals surface area (Å²) in [5.74, 6) is 0.0420. The topological polar surface area (TPSA) is 45.0 Å². The molecule has 1 saturated heterocycles. The molecule has 0 spiro atoms. The zero-order valence-electron chi connectivity index (χ0n) is 14.1. The van der Waals surface area contributed by atoms with E-state index in [4.69, 9.17) is 11.6 Å². The average molecular weight is 411 g/mol. The predicted molar refractivity (Wildman–Crippen MR) is 100.0 cm³/mol. The quantitative estimate of drug-likeness (QED) is 0.702. The van der Waals surface area contributed by atoms with Gasteiger partial charge >= 0.3 is 0 Å². The number of carbonyl (C=O) groups is 1. The monoisotopic (exact) mass is 410 g/mol. The Bertz CT molecular complexity index is 818. The molecule has 7 heteroatoms. The van der Waals surface area contributed by atoms with Crippen molar-refractivity contribution in [2.24, 2.45) is 0 Å². The Labute approximate surface area is 168 Å². The SMILES string of the molecule is O=C(C[NH+]1CCCC(O)C1)N1c2ccccc2Sc2ccc(Cl)cc21.[Cl-]. The van der Waals surface area contributed by atoms with Crippen molar-refractivity contribution < 1.29 is 27.2 Å². The van der Waals surface area contributed by atoms with Crippen molar-refractivity contribution in [3.63, 3.8) is 0 Å². The minimum Gasteiger partial charge on any atom is -1.00 e. The van der Waals surface area contributed by atoms with E-state index < -0.39 is 0 Å². The van der Waals surface area contributed by atoms with Gasteiger partial charge in [0.2, 0.25) is 0 Å². The number of hydrogen-bond acceptors (Lipinski definition) is 3. The number of aliphatic hydroxyl groups is 1. The lowest BCUT2D eigenvalue weighted by atomic mass is 10.1. The van der Waals surface area contributed by atoms with Crippen LogP contribution in [0.1, 0.15) is 12.8 Å². The molecule has 2 aromatic carbocycles. The summed E-state index contributed by atoms with van der Waals surface area (Å²) in [6.07, 6.45) is 1.49. The first-order valence-corrected chi connectivity index (χ1v) is 9.72. The number of amides is 1. The van der Waals surface area contributed by atoms with E-state index >= 15 is 0 Å². The number of para-hydroxylation sites is 1. The fourth-order valence-electron chi connectivity index (χ4n) is 3.58. The van der Waals surface area contributed by atoms with Gasteiger partial charge in [0.05, 0.1) is 17.9 Å². The number of halogens is 2. The Kier molecular flexibility index (Phi) is 6.15. The minimum atomic E-state index is -0.303. The molecular formula is C19H20Cl2N2O2S. The molecule has 138 valence electrons. The molecule has 2 atom stereocenters. The first kappa shape index (κ1) is 19.5. The minimum absolute atomic E-state index is 0. The number of rotatable bonds is 2. The Morgan fingerprint density at radius 2 is 2.00 bits per heavy atom. The molecule has 2 unspecified atom stereocenters. The molecule has 4 nitrogen and oxygen atoms in total. The molecule has 4 rings (SSSR count). The number of aliphatic hydroxyl groups excluding tert-OH is 1. The van der Waals surface area contributed by atoms with Crippen LogP contribution in [0.5, 0.6) is 0 Å². The zero-order chi connectivity index (χ0) is 17.4. The highest BCUT2D eigenvalue weighted by atomic mass is 35.5. The van der Waals surface area contributed by atoms with Gasteiger partial charge in [0, 0.05) is 14.8 Å². The van der Waals surface area contributed by atoms with Crippen molar-refractivity contribution in [3.05, 3.63) is 47.5 Å². The van der Waals surface area contributed by atoms with Crippen LogP contribution in [0.15, 0.2) is 52.3 Å². The lowest BCUT2D eigenvalue weighted by Crippen LogP contribution is -3.15. The smallest absolute Gasteiger partial charge is 0.286 e. The van der Waals surface area contributed by atoms with E-state index in [-0.39, 0.29) is 24.4 Å². The normalized spacial score (nSPS) is 21.4. The van der Waals surface area contributed by atoms with Gasteiger partial charge in [-0.3, -0.25) is 9.69 Å². The molecule has 1 amide bonds. The summed E-state index contributed by atoms with van der Waals surface area (Å²) in [5, 5.41) is 10.5. The molecular weight excluding hydrogens is 391 g/mol. The third-order valence-corrected chi connectivity index (χ3v) is 6.10. The lowest BCUT2D eigenvalue weighted by molar-refractivity contribution is -0.900. The van der Waals surface area contributed by atoms with E-state index in [9.17, 15) is 9.90 Å². The van der Waals surface area contributed by atoms with E-state index in [0.717, 1.165) is 45.5 Å². The fraction of sp³-hybridized carbons (Fsp3) is 0.316. The number of fused-ring (bicyclic) bond motifs is 2. The molecule has 0 aromatic heterocycles. The van der Waals surface area contributed by atoms with Gasteiger partial charge in [-0.2, -0.15) is 0 Å². The third-order valence-electron chi connectivity index (χ3n) is 4.73. The van der Waals surface area contributed by atoms with E-state index in [0.29, 0.717) is 18.1 Å². The molecule has 2 heterocycles. The van der Waals surface area contributed by atoms with E-state index in [1.807, 2.05) is 42.5 Å². The van der Waals surface area contributed by atoms with E-state index in [1.165, 1.54) is 0 Å². The highest BCUT2D eigenvalue weighted by Crippen LogP contribution is 2.48. The third kappa shape index (κ3) is 3.87. The lowest BCUT2D eigenvalue weighted by Gasteiger charge is -2.33. The van der Waals surface area contributed by atoms with Crippen molar-refractivity contribution in [3.8, 4) is 0 Å². The Morgan fingerprint density at radius 3 is 2.81 bits per heavy atom. The highest BCUT2D eigenvalue weighted by molar-refractivity contribution is 7.99. The molecule has 0 aliphatic carbocycles. The summed E-state index contributed by atoms with van der Waals surface area (Å²) in [6, 6.07) is 13.6. The largest absolute Gasteiger partial charge is 1.00 e. The standard InChI is InChI=1S/C19H19ClN2O2S.ClH/c20-13-7-8-18-16(10-13)22(15-5-1-2-6-17(15)25-18)19(24)12-21-9-3-4-14(23)11-21;/h1-2,5-8,10,14,23H,3-4,9,11-12H2;1H. The van der Waals surface area contributed by atoms with E-state index in [2.05, 4.69) is 0 Å². The molecule has 2 aliphatic rings. The Morgan fingerprint density at radius 1 is 1.23 bits per heavy atom. The maximum Gasteiger partial charge on any atom is 0.286 e. The zero-order valence-corrected chi connectivity index (χ0v) is 16.4. The molecule has 0 bridgehead atoms. The van der Waals surface area contributed by atoms with Crippen LogP contribution >= 0.6 is 23.4 Å². The first-order chi connectivity index (χ1) is 12.1. The van der Waals surface area contributed by atoms with Gasteiger partial charge in [0.1, 0.15) is 12.6 Å². The fourth-order valence-corrected chi connectivity index (χ4v) is 4.78. The van der Waals surface area contributed by atoms with Gasteiger partial charge in [0.15, 0.2) is 6.54 Å². The van der Waals surface area contributed by atoms with Crippen molar-refractivity contribution in [1.82, 2.24) is 0 Å². The van der Waals surface area contributed by atoms with Crippen molar-refractivity contribution in [1.29, 1.82) is 0 Å². The number of anilines is 2. The molecule has 2 aliphatic heterocycles. The van der Waals surface area contributed by atoms with Crippen molar-refractivity contribution >= 4 is 40.6 Å². The maximum absolute atomic E-state index is 13.2. The van der Waals surface area contributed by atoms with Crippen LogP contribution in [0.3, 0.4) is 0 Å². The number of carbonyl (C=O) groups excluding carboxylic acids is 1. The summed E-state index contributed by atoms with van der Waals surface area (Å²) in [6.45, 7) is 1.94. The van der Waals surface area contributed by atoms with Crippen LogP contribution < -0.4 is 22.2 Å². The van der Waals surface area contributed by atoms with Crippen LogP contribution in [-0.4, -0.2) is 36.8 Å². The number of quaternary nitrogens is 1. The number of hydrogen-bond donors (Lipinski definition) is 2. The molecule has 1 fully saturated rings. The number of nitrogens with one attached hydrogen (secondary N) is 1. The van der Waals surface area contributed by atoms with Gasteiger partial charge in [0.25, 0.3) is 5.91 Å². The number of piperidine rings is 1. The van der Waals surface area contributed by atoms with Crippen LogP contribution in [0.25, 0.3) is 0 Å². The Balaban J connectivity index is 0.00000196. The number of nitrogens with zero attached hydrogens (tertiary/aromatic N) is 1. The average Bonchev–Trinajstić information content (AvgIpc) is 2.59. The van der Waals surface area contributed by atoms with Gasteiger partial charge < -0.3 is 22.4 Å². The summed E-state index contributed by atoms with van der Waals surface area (Å²) in [4.78, 5) is 18.2. The van der Waals surface area contributed by atoms with Crippen LogP contribution in [-0.2, 0) is 4.79 Å². The number of benzene rings is 2. The molecule has 0 radical (unpaired) electrons. The van der Waals surface area contributed by atoms with Crippen LogP contribution in [0, 0.1) is 0 Å². The van der Waals surface area contributed by atoms with Gasteiger partial charge in [-0.1, -0.05) is 35.5 Å². The second-order valence-corrected chi connectivity index (χ2v) is 8.11. The first-order valence-electron chi connectivity index (χ1n) is 8.53. The summed E-state index contributed by atoms with van der Waals surface area (Å²) in [7, 11) is 0. The predicted octanol–water partition coefficient (Wildman–Crippen LogP) is -0.487. The maximum atomic E-state index is 13.2. The van der Waals surface area contributed by atoms with Crippen LogP contribution in [0.4, 0.5) is 11.4 Å². The van der Waals surface area contributed by atoms with Crippen molar-refractivity contribution in [2.75, 3.05) is 24.5 Å². The highest BCUT2D eigenvalue weighted by Gasteiger charge is 2.32. The van der Waals surface area contributed by atoms with E-state index in [1.54, 1.807) is 16.7 Å². The Hall–Kier alpha value is -1.24. The second-order valence-electron chi connectivity index (χ2n) is 6.59. The van der Waals surface area contributed by atoms with Crippen LogP contribution in [0.2, 0.25) is 5.02 Å². The van der Waals surface area contributed by atoms with Gasteiger partial charge in [-0.25, -0.2) is 0 Å². The van der Waals surface area contributed by atoms with Crippen molar-refractivity contribution in [2.45, 2.75) is 28.7 Å². The van der Waals surface area contributed by atoms with Gasteiger partial charge in [-0.15, -0.1) is 0 Å². The molecule has 26 heavy (non-hydrogen) atoms. The second kappa shape index (κ2) is 8.19. The molecule has 2 aromatic rings. The van der Waals surface area contributed by atoms with Gasteiger partial charge in [-0.05, 0) is 43.2 Å².